The standard InChI is InChI=1S/C11H16F3N3O2S2/c1-6(2)17(5-11(12,13)14)10-8(9(15)16-20-10)21(18,19)7-3-4-7/h6-7H,3-5H2,1-2H3,(H2,15,16). The highest BCUT2D eigenvalue weighted by Crippen LogP contribution is 2.43. The molecule has 0 aliphatic heterocycles. The van der Waals surface area contributed by atoms with E-state index < -0.39 is 33.9 Å². The SMILES string of the molecule is CC(C)N(CC(F)(F)F)c1snc(N)c1S(=O)(=O)C1CC1. The van der Waals surface area contributed by atoms with E-state index in [4.69, 9.17) is 5.73 Å². The number of hydrogen-bond acceptors (Lipinski definition) is 6. The molecule has 1 aromatic heterocycles. The van der Waals surface area contributed by atoms with Crippen LogP contribution in [0.2, 0.25) is 0 Å². The molecule has 0 atom stereocenters. The minimum Gasteiger partial charge on any atom is -0.382 e. The van der Waals surface area contributed by atoms with E-state index in [0.717, 1.165) is 4.90 Å². The van der Waals surface area contributed by atoms with Gasteiger partial charge in [-0.2, -0.15) is 17.5 Å². The second-order valence-corrected chi connectivity index (χ2v) is 8.20. The summed E-state index contributed by atoms with van der Waals surface area (Å²) in [5.74, 6) is -0.213. The summed E-state index contributed by atoms with van der Waals surface area (Å²) in [5, 5.41) is -0.568. The second kappa shape index (κ2) is 5.31. The Morgan fingerprint density at radius 2 is 2.00 bits per heavy atom. The lowest BCUT2D eigenvalue weighted by atomic mass is 10.3. The molecule has 1 heterocycles. The molecule has 0 amide bonds. The summed E-state index contributed by atoms with van der Waals surface area (Å²) in [4.78, 5) is 0.747. The summed E-state index contributed by atoms with van der Waals surface area (Å²) in [6.07, 6.45) is -3.42. The van der Waals surface area contributed by atoms with Crippen molar-refractivity contribution in [1.29, 1.82) is 0 Å². The number of nitrogens with two attached hydrogens (primary N) is 1. The summed E-state index contributed by atoms with van der Waals surface area (Å²) < 4.78 is 66.7. The molecule has 0 bridgehead atoms. The fourth-order valence-electron chi connectivity index (χ4n) is 1.96. The molecule has 2 N–H and O–H groups in total. The van der Waals surface area contributed by atoms with E-state index in [2.05, 4.69) is 4.37 Å². The molecule has 1 fully saturated rings. The first-order chi connectivity index (χ1) is 9.54. The van der Waals surface area contributed by atoms with Crippen molar-refractivity contribution >= 4 is 32.2 Å². The van der Waals surface area contributed by atoms with Crippen molar-refractivity contribution in [3.05, 3.63) is 0 Å². The molecule has 1 aliphatic rings. The average molecular weight is 343 g/mol. The fourth-order valence-corrected chi connectivity index (χ4v) is 5.11. The molecule has 0 radical (unpaired) electrons. The van der Waals surface area contributed by atoms with Crippen LogP contribution < -0.4 is 10.6 Å². The second-order valence-electron chi connectivity index (χ2n) is 5.28. The monoisotopic (exact) mass is 343 g/mol. The third-order valence-electron chi connectivity index (χ3n) is 3.14. The Morgan fingerprint density at radius 1 is 1.43 bits per heavy atom. The summed E-state index contributed by atoms with van der Waals surface area (Å²) in [7, 11) is -3.70. The van der Waals surface area contributed by atoms with E-state index in [1.165, 1.54) is 0 Å². The third kappa shape index (κ3) is 3.42. The Labute approximate surface area is 125 Å². The van der Waals surface area contributed by atoms with Gasteiger partial charge in [0.2, 0.25) is 0 Å². The van der Waals surface area contributed by atoms with Gasteiger partial charge in [0, 0.05) is 6.04 Å². The van der Waals surface area contributed by atoms with Crippen LogP contribution in [-0.4, -0.2) is 36.8 Å². The third-order valence-corrected chi connectivity index (χ3v) is 6.49. The summed E-state index contributed by atoms with van der Waals surface area (Å²) >= 11 is 0.697. The topological polar surface area (TPSA) is 76.3 Å². The van der Waals surface area contributed by atoms with Crippen LogP contribution in [0.5, 0.6) is 0 Å². The lowest BCUT2D eigenvalue weighted by Crippen LogP contribution is -2.39. The van der Waals surface area contributed by atoms with Gasteiger partial charge in [-0.25, -0.2) is 8.42 Å². The van der Waals surface area contributed by atoms with E-state index in [9.17, 15) is 21.6 Å². The average Bonchev–Trinajstić information content (AvgIpc) is 3.09. The molecule has 1 saturated carbocycles. The zero-order valence-corrected chi connectivity index (χ0v) is 13.1. The summed E-state index contributed by atoms with van der Waals surface area (Å²) in [6.45, 7) is 1.89. The van der Waals surface area contributed by atoms with E-state index in [1.807, 2.05) is 0 Å². The number of nitrogens with zero attached hydrogens (tertiary/aromatic N) is 2. The Bertz CT molecular complexity index is 621. The number of hydrogen-bond donors (Lipinski definition) is 1. The van der Waals surface area contributed by atoms with Gasteiger partial charge in [0.05, 0.1) is 5.25 Å². The molecule has 120 valence electrons. The molecular weight excluding hydrogens is 327 g/mol. The van der Waals surface area contributed by atoms with Crippen molar-refractivity contribution in [2.45, 2.75) is 49.1 Å². The van der Waals surface area contributed by atoms with Gasteiger partial charge < -0.3 is 10.6 Å². The van der Waals surface area contributed by atoms with Crippen LogP contribution in [-0.2, 0) is 9.84 Å². The molecule has 1 aliphatic carbocycles. The highest BCUT2D eigenvalue weighted by Gasteiger charge is 2.43. The van der Waals surface area contributed by atoms with Gasteiger partial charge in [-0.1, -0.05) is 0 Å². The van der Waals surface area contributed by atoms with Crippen LogP contribution in [0.1, 0.15) is 26.7 Å². The van der Waals surface area contributed by atoms with E-state index >= 15 is 0 Å². The predicted molar refractivity (Wildman–Crippen MR) is 75.3 cm³/mol. The van der Waals surface area contributed by atoms with Gasteiger partial charge in [0.15, 0.2) is 15.7 Å². The highest BCUT2D eigenvalue weighted by atomic mass is 32.2. The van der Waals surface area contributed by atoms with Gasteiger partial charge in [-0.3, -0.25) is 0 Å². The first-order valence-electron chi connectivity index (χ1n) is 6.36. The number of halogens is 3. The Kier molecular flexibility index (Phi) is 4.13. The van der Waals surface area contributed by atoms with Gasteiger partial charge in [0.25, 0.3) is 0 Å². The number of alkyl halides is 3. The number of aromatic nitrogens is 1. The normalized spacial score (nSPS) is 16.5. The lowest BCUT2D eigenvalue weighted by Gasteiger charge is -2.28. The van der Waals surface area contributed by atoms with Crippen molar-refractivity contribution < 1.29 is 21.6 Å². The fraction of sp³-hybridized carbons (Fsp3) is 0.727. The maximum Gasteiger partial charge on any atom is 0.405 e. The van der Waals surface area contributed by atoms with Crippen molar-refractivity contribution in [2.24, 2.45) is 0 Å². The van der Waals surface area contributed by atoms with Gasteiger partial charge >= 0.3 is 6.18 Å². The highest BCUT2D eigenvalue weighted by molar-refractivity contribution is 7.92. The van der Waals surface area contributed by atoms with Crippen LogP contribution in [0.15, 0.2) is 4.90 Å². The Morgan fingerprint density at radius 3 is 2.43 bits per heavy atom. The molecule has 5 nitrogen and oxygen atoms in total. The number of nitrogen functional groups attached to an aromatic ring is 1. The number of sulfone groups is 1. The first-order valence-corrected chi connectivity index (χ1v) is 8.68. The summed E-state index contributed by atoms with van der Waals surface area (Å²) in [5.41, 5.74) is 5.61. The predicted octanol–water partition coefficient (Wildman–Crippen LogP) is 2.44. The minimum absolute atomic E-state index is 0.0216. The molecule has 2 rings (SSSR count). The van der Waals surface area contributed by atoms with Crippen molar-refractivity contribution in [2.75, 3.05) is 17.2 Å². The minimum atomic E-state index is -4.44. The van der Waals surface area contributed by atoms with Crippen LogP contribution in [0, 0.1) is 0 Å². The Balaban J connectivity index is 2.47. The zero-order valence-electron chi connectivity index (χ0n) is 11.5. The summed E-state index contributed by atoms with van der Waals surface area (Å²) in [6, 6.07) is -0.528. The van der Waals surface area contributed by atoms with Crippen LogP contribution in [0.25, 0.3) is 0 Å². The van der Waals surface area contributed by atoms with Crippen LogP contribution in [0.3, 0.4) is 0 Å². The maximum absolute atomic E-state index is 12.7. The van der Waals surface area contributed by atoms with Crippen LogP contribution in [0.4, 0.5) is 24.0 Å². The van der Waals surface area contributed by atoms with Gasteiger partial charge in [0.1, 0.15) is 16.4 Å². The lowest BCUT2D eigenvalue weighted by molar-refractivity contribution is -0.120. The molecule has 1 aromatic rings. The smallest absolute Gasteiger partial charge is 0.382 e. The molecular formula is C11H16F3N3O2S2. The molecule has 10 heteroatoms. The maximum atomic E-state index is 12.7. The van der Waals surface area contributed by atoms with Gasteiger partial charge in [-0.05, 0) is 38.2 Å². The van der Waals surface area contributed by atoms with E-state index in [1.54, 1.807) is 13.8 Å². The van der Waals surface area contributed by atoms with Gasteiger partial charge in [-0.15, -0.1) is 0 Å². The van der Waals surface area contributed by atoms with E-state index in [-0.39, 0.29) is 15.7 Å². The quantitative estimate of drug-likeness (QED) is 0.889. The van der Waals surface area contributed by atoms with Crippen molar-refractivity contribution in [3.8, 4) is 0 Å². The first kappa shape index (κ1) is 16.3. The largest absolute Gasteiger partial charge is 0.405 e. The molecule has 0 spiro atoms. The molecule has 0 saturated heterocycles. The molecule has 0 unspecified atom stereocenters. The Hall–Kier alpha value is -1.03. The molecule has 0 aromatic carbocycles. The zero-order chi connectivity index (χ0) is 16.0. The number of anilines is 2. The van der Waals surface area contributed by atoms with Crippen LogP contribution >= 0.6 is 11.5 Å². The molecule has 21 heavy (non-hydrogen) atoms. The van der Waals surface area contributed by atoms with E-state index in [0.29, 0.717) is 24.4 Å². The number of rotatable bonds is 5. The van der Waals surface area contributed by atoms with Crippen molar-refractivity contribution in [3.63, 3.8) is 0 Å². The van der Waals surface area contributed by atoms with Crippen molar-refractivity contribution in [1.82, 2.24) is 4.37 Å².